The molecule has 0 radical (unpaired) electrons. The van der Waals surface area contributed by atoms with Crippen molar-refractivity contribution in [2.24, 2.45) is 17.3 Å². The van der Waals surface area contributed by atoms with Gasteiger partial charge in [0.2, 0.25) is 0 Å². The minimum absolute atomic E-state index is 0.627. The molecule has 1 fully saturated rings. The van der Waals surface area contributed by atoms with Crippen molar-refractivity contribution in [3.05, 3.63) is 0 Å². The SMILES string of the molecule is CCCC(C)CC1(CNCC(C)C)CCCCC1. The Morgan fingerprint density at radius 1 is 1.06 bits per heavy atom. The van der Waals surface area contributed by atoms with Gasteiger partial charge in [-0.2, -0.15) is 0 Å². The lowest BCUT2D eigenvalue weighted by Crippen LogP contribution is -2.38. The van der Waals surface area contributed by atoms with Gasteiger partial charge in [-0.05, 0) is 43.1 Å². The minimum Gasteiger partial charge on any atom is -0.316 e. The van der Waals surface area contributed by atoms with Crippen LogP contribution in [0, 0.1) is 17.3 Å². The molecule has 1 nitrogen and oxygen atoms in total. The fourth-order valence-electron chi connectivity index (χ4n) is 3.71. The van der Waals surface area contributed by atoms with E-state index >= 15 is 0 Å². The third-order valence-corrected chi connectivity index (χ3v) is 4.53. The first-order chi connectivity index (χ1) is 8.58. The van der Waals surface area contributed by atoms with E-state index in [1.54, 1.807) is 0 Å². The Morgan fingerprint density at radius 2 is 1.72 bits per heavy atom. The van der Waals surface area contributed by atoms with Crippen molar-refractivity contribution in [1.29, 1.82) is 0 Å². The molecule has 1 heteroatoms. The molecule has 1 atom stereocenters. The minimum atomic E-state index is 0.627. The Hall–Kier alpha value is -0.0400. The van der Waals surface area contributed by atoms with Crippen LogP contribution in [-0.4, -0.2) is 13.1 Å². The summed E-state index contributed by atoms with van der Waals surface area (Å²) in [5, 5.41) is 3.74. The van der Waals surface area contributed by atoms with Gasteiger partial charge >= 0.3 is 0 Å². The van der Waals surface area contributed by atoms with E-state index in [1.807, 2.05) is 0 Å². The van der Waals surface area contributed by atoms with Gasteiger partial charge in [0.1, 0.15) is 0 Å². The van der Waals surface area contributed by atoms with E-state index in [4.69, 9.17) is 0 Å². The third-order valence-electron chi connectivity index (χ3n) is 4.53. The van der Waals surface area contributed by atoms with Crippen LogP contribution in [-0.2, 0) is 0 Å². The summed E-state index contributed by atoms with van der Waals surface area (Å²) in [6.45, 7) is 11.8. The van der Waals surface area contributed by atoms with Crippen molar-refractivity contribution in [3.8, 4) is 0 Å². The van der Waals surface area contributed by atoms with Gasteiger partial charge < -0.3 is 5.32 Å². The number of nitrogens with one attached hydrogen (secondary N) is 1. The molecule has 0 amide bonds. The summed E-state index contributed by atoms with van der Waals surface area (Å²) in [5.74, 6) is 1.69. The predicted octanol–water partition coefficient (Wildman–Crippen LogP) is 5.01. The van der Waals surface area contributed by atoms with Crippen LogP contribution in [0.15, 0.2) is 0 Å². The molecule has 0 spiro atoms. The summed E-state index contributed by atoms with van der Waals surface area (Å²) >= 11 is 0. The van der Waals surface area contributed by atoms with E-state index in [-0.39, 0.29) is 0 Å². The molecule has 1 rings (SSSR count). The molecule has 0 saturated heterocycles. The maximum Gasteiger partial charge on any atom is 0.000802 e. The second kappa shape index (κ2) is 8.19. The molecule has 1 N–H and O–H groups in total. The first-order valence-corrected chi connectivity index (χ1v) is 8.29. The summed E-state index contributed by atoms with van der Waals surface area (Å²) in [6, 6.07) is 0. The van der Waals surface area contributed by atoms with Crippen molar-refractivity contribution in [3.63, 3.8) is 0 Å². The number of hydrogen-bond donors (Lipinski definition) is 1. The zero-order valence-electron chi connectivity index (χ0n) is 13.2. The Balaban J connectivity index is 2.46. The van der Waals surface area contributed by atoms with Crippen LogP contribution in [0.2, 0.25) is 0 Å². The Bertz CT molecular complexity index is 204. The van der Waals surface area contributed by atoms with Gasteiger partial charge in [-0.25, -0.2) is 0 Å². The molecule has 108 valence electrons. The van der Waals surface area contributed by atoms with E-state index in [9.17, 15) is 0 Å². The molecule has 0 aromatic heterocycles. The summed E-state index contributed by atoms with van der Waals surface area (Å²) in [6.07, 6.45) is 11.5. The van der Waals surface area contributed by atoms with Crippen molar-refractivity contribution < 1.29 is 0 Å². The van der Waals surface area contributed by atoms with Crippen LogP contribution in [0.3, 0.4) is 0 Å². The van der Waals surface area contributed by atoms with E-state index in [1.165, 1.54) is 64.5 Å². The zero-order chi connectivity index (χ0) is 13.4. The predicted molar refractivity (Wildman–Crippen MR) is 81.9 cm³/mol. The highest BCUT2D eigenvalue weighted by molar-refractivity contribution is 4.86. The van der Waals surface area contributed by atoms with Gasteiger partial charge in [-0.15, -0.1) is 0 Å². The van der Waals surface area contributed by atoms with Crippen molar-refractivity contribution in [1.82, 2.24) is 5.32 Å². The largest absolute Gasteiger partial charge is 0.316 e. The van der Waals surface area contributed by atoms with Gasteiger partial charge in [-0.3, -0.25) is 0 Å². The lowest BCUT2D eigenvalue weighted by Gasteiger charge is -2.40. The van der Waals surface area contributed by atoms with E-state index < -0.39 is 0 Å². The molecule has 0 aromatic carbocycles. The Kier molecular flexibility index (Phi) is 7.29. The van der Waals surface area contributed by atoms with Crippen molar-refractivity contribution in [2.45, 2.75) is 79.1 Å². The molecule has 1 unspecified atom stereocenters. The first-order valence-electron chi connectivity index (χ1n) is 8.29. The lowest BCUT2D eigenvalue weighted by atomic mass is 9.68. The monoisotopic (exact) mass is 253 g/mol. The van der Waals surface area contributed by atoms with Crippen LogP contribution in [0.4, 0.5) is 0 Å². The second-order valence-electron chi connectivity index (χ2n) is 7.18. The molecule has 1 aliphatic carbocycles. The van der Waals surface area contributed by atoms with Gasteiger partial charge in [-0.1, -0.05) is 59.8 Å². The van der Waals surface area contributed by atoms with Crippen molar-refractivity contribution in [2.75, 3.05) is 13.1 Å². The Labute approximate surface area is 115 Å². The van der Waals surface area contributed by atoms with Crippen LogP contribution >= 0.6 is 0 Å². The lowest BCUT2D eigenvalue weighted by molar-refractivity contribution is 0.137. The molecule has 0 heterocycles. The molecule has 0 bridgehead atoms. The molecule has 1 saturated carbocycles. The van der Waals surface area contributed by atoms with Crippen molar-refractivity contribution >= 4 is 0 Å². The van der Waals surface area contributed by atoms with Crippen LogP contribution in [0.1, 0.15) is 79.1 Å². The van der Waals surface area contributed by atoms with Gasteiger partial charge in [0.25, 0.3) is 0 Å². The van der Waals surface area contributed by atoms with E-state index in [0.717, 1.165) is 11.8 Å². The van der Waals surface area contributed by atoms with Gasteiger partial charge in [0.05, 0.1) is 0 Å². The summed E-state index contributed by atoms with van der Waals surface area (Å²) in [7, 11) is 0. The van der Waals surface area contributed by atoms with E-state index in [0.29, 0.717) is 5.41 Å². The standard InChI is InChI=1S/C17H35N/c1-5-9-16(4)12-17(10-7-6-8-11-17)14-18-13-15(2)3/h15-16,18H,5-14H2,1-4H3. The third kappa shape index (κ3) is 5.73. The number of rotatable bonds is 8. The average molecular weight is 253 g/mol. The normalized spacial score (nSPS) is 21.2. The van der Waals surface area contributed by atoms with Crippen LogP contribution < -0.4 is 5.32 Å². The quantitative estimate of drug-likeness (QED) is 0.641. The zero-order valence-corrected chi connectivity index (χ0v) is 13.2. The Morgan fingerprint density at radius 3 is 2.28 bits per heavy atom. The highest BCUT2D eigenvalue weighted by Crippen LogP contribution is 2.41. The molecular formula is C17H35N. The van der Waals surface area contributed by atoms with E-state index in [2.05, 4.69) is 33.0 Å². The highest BCUT2D eigenvalue weighted by Gasteiger charge is 2.32. The summed E-state index contributed by atoms with van der Waals surface area (Å²) in [4.78, 5) is 0. The van der Waals surface area contributed by atoms with Crippen LogP contribution in [0.25, 0.3) is 0 Å². The van der Waals surface area contributed by atoms with Gasteiger partial charge in [0.15, 0.2) is 0 Å². The highest BCUT2D eigenvalue weighted by atomic mass is 14.9. The molecular weight excluding hydrogens is 218 g/mol. The molecule has 0 aliphatic heterocycles. The summed E-state index contributed by atoms with van der Waals surface area (Å²) < 4.78 is 0. The van der Waals surface area contributed by atoms with Crippen LogP contribution in [0.5, 0.6) is 0 Å². The second-order valence-corrected chi connectivity index (χ2v) is 7.18. The maximum absolute atomic E-state index is 3.74. The average Bonchev–Trinajstić information content (AvgIpc) is 2.29. The first kappa shape index (κ1) is 16.0. The molecule has 1 aliphatic rings. The summed E-state index contributed by atoms with van der Waals surface area (Å²) in [5.41, 5.74) is 0.627. The smallest absolute Gasteiger partial charge is 0.000802 e. The topological polar surface area (TPSA) is 12.0 Å². The maximum atomic E-state index is 3.74. The molecule has 0 aromatic rings. The fraction of sp³-hybridized carbons (Fsp3) is 1.00. The number of hydrogen-bond acceptors (Lipinski definition) is 1. The molecule has 18 heavy (non-hydrogen) atoms. The fourth-order valence-corrected chi connectivity index (χ4v) is 3.71. The van der Waals surface area contributed by atoms with Gasteiger partial charge in [0, 0.05) is 6.54 Å².